The number of nitrogens with zero attached hydrogens (tertiary/aromatic N) is 3. The van der Waals surface area contributed by atoms with Crippen molar-refractivity contribution in [2.45, 2.75) is 181 Å². The number of aliphatic hydroxyl groups is 3. The Kier molecular flexibility index (Phi) is 28.8. The van der Waals surface area contributed by atoms with Gasteiger partial charge in [0.2, 0.25) is 11.8 Å². The van der Waals surface area contributed by atoms with Crippen LogP contribution in [0, 0.1) is 23.2 Å². The lowest BCUT2D eigenvalue weighted by atomic mass is 9.47. The van der Waals surface area contributed by atoms with Crippen molar-refractivity contribution in [1.29, 1.82) is 0 Å². The van der Waals surface area contributed by atoms with E-state index < -0.39 is 204 Å². The predicted octanol–water partition coefficient (Wildman–Crippen LogP) is 3.80. The van der Waals surface area contributed by atoms with E-state index in [4.69, 9.17) is 19.3 Å². The highest BCUT2D eigenvalue weighted by Crippen LogP contribution is 2.68. The van der Waals surface area contributed by atoms with Gasteiger partial charge in [-0.1, -0.05) is 102 Å². The molecule has 0 radical (unpaired) electrons. The van der Waals surface area contributed by atoms with Crippen LogP contribution in [0.5, 0.6) is 5.75 Å². The van der Waals surface area contributed by atoms with Crippen molar-refractivity contribution in [2.24, 2.45) is 23.2 Å². The molecule has 5 aliphatic heterocycles. The number of esters is 2. The van der Waals surface area contributed by atoms with E-state index in [1.54, 1.807) is 44.5 Å². The molecule has 2 aliphatic carbocycles. The van der Waals surface area contributed by atoms with E-state index in [1.807, 2.05) is 55.2 Å². The lowest BCUT2D eigenvalue weighted by Gasteiger charge is -2.63. The van der Waals surface area contributed by atoms with Crippen molar-refractivity contribution < 1.29 is 117 Å². The van der Waals surface area contributed by atoms with Gasteiger partial charge in [0.15, 0.2) is 11.4 Å². The quantitative estimate of drug-likeness (QED) is 0.0167. The number of rotatable bonds is 40. The standard InChI is InChI=1S/C81H104N8O24S2/c1-6-77(109)40-47-41-80(75(107)112-5,54-35-48-17-11-12-18-52(48)53(54)24-29-88(43-47)45-77)56-37-55-60(39-62(56)111-4)87(3)72-79(55)26-30-89-28-14-25-78(7-2,71(79)89)73(105)81(72,110)74(106)83-42-66(97)113-31-32-114-115-44-59(70(103)104)85-67(98)50(33-46-15-9-8-10-16-46)36-61(91)58(38-65(95)96)84-63(92)23-20-49(68(99)100)34-51(90)21-22-57(69(101)102)86-76(108)82-27-13-19-64(93)94/h8-12,14-18,25,37,39,47,49-50,57-59,71-73,105,109-110H,6-7,13,19-24,26-36,38,40-45H2,1-5H3,(H,83,106)(H,84,92)(H,85,98)(H,93,94)(H,95,96)(H,99,100)(H,101,102)(H,103,104)(H2,82,86,108)/t47-,49-,50-,57+,58+,59+,71+,72-,73-,77+,78-,79?,80-,81+/m1/s1. The molecule has 0 aromatic heterocycles. The normalized spacial score (nSPS) is 26.1. The Morgan fingerprint density at radius 3 is 2.13 bits per heavy atom. The van der Waals surface area contributed by atoms with E-state index in [0.717, 1.165) is 49.4 Å². The fraction of sp³-hybridized carbons (Fsp3) is 0.568. The van der Waals surface area contributed by atoms with Gasteiger partial charge in [0.25, 0.3) is 5.91 Å². The highest BCUT2D eigenvalue weighted by Gasteiger charge is 2.79. The SMILES string of the molecule is CC[C@]1(O)C[C@H]2CN(CCC3=C(Cc4ccccc43)[C@@](C(=O)OC)(c3cc4c(cc3OC)N(C)[C@@H]3C45CCN4CC=C[C@](CC)([C@H]45)[C@@H](O)[C@]3(O)C(=O)NCC(=O)OCCSSC[C@H](NC(=O)[C@@H](CC(=O)[C@H](CC(=O)O)NC(=O)CC[C@H](CC(=O)CC[C@H](NC(=O)NCCCC(=O)O)C(=O)O)C(=O)O)Cc3ccccc3)C(=O)O)C2)C1. The maximum Gasteiger partial charge on any atom is 0.327 e. The summed E-state index contributed by atoms with van der Waals surface area (Å²) < 4.78 is 18.0. The summed E-state index contributed by atoms with van der Waals surface area (Å²) in [5.41, 5.74) is -1.01. The molecule has 34 heteroatoms. The summed E-state index contributed by atoms with van der Waals surface area (Å²) >= 11 is 0. The number of carboxylic acids is 5. The number of methoxy groups -OCH3 is 2. The topological polar surface area (TPSA) is 481 Å². The summed E-state index contributed by atoms with van der Waals surface area (Å²) in [4.78, 5) is 177. The van der Waals surface area contributed by atoms with Gasteiger partial charge in [-0.05, 0) is 123 Å². The smallest absolute Gasteiger partial charge is 0.327 e. The Morgan fingerprint density at radius 1 is 0.722 bits per heavy atom. The number of benzene rings is 3. The molecule has 13 N–H and O–H groups in total. The van der Waals surface area contributed by atoms with Gasteiger partial charge in [-0.3, -0.25) is 57.7 Å². The minimum Gasteiger partial charge on any atom is -0.496 e. The summed E-state index contributed by atoms with van der Waals surface area (Å²) in [6.45, 7) is 5.60. The van der Waals surface area contributed by atoms with Crippen LogP contribution >= 0.6 is 21.6 Å². The number of carboxylic acid groups (broad SMARTS) is 5. The first kappa shape index (κ1) is 87.9. The average molecular weight is 1640 g/mol. The van der Waals surface area contributed by atoms with Gasteiger partial charge in [-0.25, -0.2) is 14.4 Å². The van der Waals surface area contributed by atoms with Crippen molar-refractivity contribution in [1.82, 2.24) is 36.4 Å². The number of aliphatic carboxylic acids is 5. The predicted molar refractivity (Wildman–Crippen MR) is 419 cm³/mol. The van der Waals surface area contributed by atoms with Gasteiger partial charge in [-0.15, -0.1) is 0 Å². The first-order valence-corrected chi connectivity index (χ1v) is 41.4. The second kappa shape index (κ2) is 37.7. The highest BCUT2D eigenvalue weighted by molar-refractivity contribution is 8.76. The number of fused-ring (bicyclic) bond motifs is 5. The largest absolute Gasteiger partial charge is 0.496 e. The number of anilines is 1. The summed E-state index contributed by atoms with van der Waals surface area (Å²) in [5.74, 6) is -16.1. The minimum absolute atomic E-state index is 0.0552. The van der Waals surface area contributed by atoms with Crippen molar-refractivity contribution in [3.63, 3.8) is 0 Å². The number of aliphatic hydroxyl groups excluding tert-OH is 1. The van der Waals surface area contributed by atoms with Crippen molar-refractivity contribution in [2.75, 3.05) is 90.1 Å². The number of ketones is 2. The Hall–Kier alpha value is -9.45. The molecule has 115 heavy (non-hydrogen) atoms. The molecule has 32 nitrogen and oxygen atoms in total. The van der Waals surface area contributed by atoms with Crippen LogP contribution < -0.4 is 36.2 Å². The van der Waals surface area contributed by atoms with Gasteiger partial charge < -0.3 is 86.5 Å². The zero-order chi connectivity index (χ0) is 83.5. The third-order valence-corrected chi connectivity index (χ3v) is 26.6. The number of hydrogen-bond donors (Lipinski definition) is 13. The van der Waals surface area contributed by atoms with Crippen molar-refractivity contribution in [3.05, 3.63) is 112 Å². The van der Waals surface area contributed by atoms with Gasteiger partial charge in [0.05, 0.1) is 44.2 Å². The van der Waals surface area contributed by atoms with Gasteiger partial charge in [0.1, 0.15) is 48.3 Å². The van der Waals surface area contributed by atoms with Crippen LogP contribution in [0.3, 0.4) is 0 Å². The van der Waals surface area contributed by atoms with E-state index in [0.29, 0.717) is 87.4 Å². The third-order valence-electron chi connectivity index (χ3n) is 24.3. The lowest BCUT2D eigenvalue weighted by molar-refractivity contribution is -0.203. The molecular weight excluding hydrogens is 1530 g/mol. The second-order valence-corrected chi connectivity index (χ2v) is 33.8. The van der Waals surface area contributed by atoms with Crippen LogP contribution in [0.1, 0.15) is 138 Å². The molecule has 10 rings (SSSR count). The number of carbonyl (C=O) groups is 13. The van der Waals surface area contributed by atoms with Crippen LogP contribution in [-0.4, -0.2) is 260 Å². The summed E-state index contributed by atoms with van der Waals surface area (Å²) in [6, 6.07) is 12.8. The molecule has 3 aromatic rings. The van der Waals surface area contributed by atoms with Crippen molar-refractivity contribution >= 4 is 110 Å². The number of ether oxygens (including phenoxy) is 3. The molecule has 1 saturated carbocycles. The Balaban J connectivity index is 0.775. The number of amides is 5. The number of hydrogen-bond acceptors (Lipinski definition) is 24. The van der Waals surface area contributed by atoms with Gasteiger partial charge in [0, 0.05) is 123 Å². The molecule has 3 aromatic carbocycles. The number of Topliss-reactive ketones (excluding diaryl/α,β-unsaturated/α-hetero) is 2. The van der Waals surface area contributed by atoms with Gasteiger partial charge >= 0.3 is 47.8 Å². The van der Waals surface area contributed by atoms with Crippen LogP contribution in [0.2, 0.25) is 0 Å². The fourth-order valence-electron chi connectivity index (χ4n) is 19.0. The Bertz CT molecular complexity index is 4280. The van der Waals surface area contributed by atoms with Crippen LogP contribution in [0.15, 0.2) is 84.5 Å². The Morgan fingerprint density at radius 2 is 1.45 bits per heavy atom. The monoisotopic (exact) mass is 1640 g/mol. The zero-order valence-corrected chi connectivity index (χ0v) is 66.7. The zero-order valence-electron chi connectivity index (χ0n) is 65.1. The first-order valence-electron chi connectivity index (χ1n) is 38.9. The molecule has 624 valence electrons. The molecule has 2 unspecified atom stereocenters. The number of urea groups is 1. The Labute approximate surface area is 673 Å². The van der Waals surface area contributed by atoms with E-state index >= 15 is 9.59 Å². The summed E-state index contributed by atoms with van der Waals surface area (Å²) in [6.07, 6.45) is 0.231. The maximum absolute atomic E-state index is 15.7. The van der Waals surface area contributed by atoms with Crippen LogP contribution in [0.25, 0.3) is 5.57 Å². The highest BCUT2D eigenvalue weighted by atomic mass is 33.1. The molecule has 15 atom stereocenters. The van der Waals surface area contributed by atoms with E-state index in [-0.39, 0.29) is 62.7 Å². The molecule has 3 fully saturated rings. The number of carbonyl (C=O) groups excluding carboxylic acids is 8. The molecule has 5 amide bonds. The minimum atomic E-state index is -2.63. The van der Waals surface area contributed by atoms with Gasteiger partial charge in [-0.2, -0.15) is 0 Å². The number of piperidine rings is 1. The fourth-order valence-corrected chi connectivity index (χ4v) is 21.0. The molecule has 1 spiro atoms. The van der Waals surface area contributed by atoms with Crippen LogP contribution in [0.4, 0.5) is 10.5 Å². The molecular formula is C81H104N8O24S2. The maximum atomic E-state index is 15.7. The summed E-state index contributed by atoms with van der Waals surface area (Å²) in [5, 5.41) is 99.3. The van der Waals surface area contributed by atoms with E-state index in [9.17, 15) is 88.5 Å². The average Bonchev–Trinajstić information content (AvgIpc) is 1.49. The van der Waals surface area contributed by atoms with E-state index in [2.05, 4.69) is 48.5 Å². The number of likely N-dealkylation sites (N-methyl/N-ethyl adjacent to an activating group) is 1. The first-order chi connectivity index (χ1) is 54.7. The van der Waals surface area contributed by atoms with E-state index in [1.165, 1.54) is 7.11 Å². The van der Waals surface area contributed by atoms with Crippen molar-refractivity contribution in [3.8, 4) is 5.75 Å². The lowest BCUT2D eigenvalue weighted by Crippen LogP contribution is -2.81. The molecule has 2 saturated heterocycles. The molecule has 7 aliphatic rings. The second-order valence-electron chi connectivity index (χ2n) is 31.2. The number of nitrogens with one attached hydrogen (secondary N) is 5. The third kappa shape index (κ3) is 18.8. The molecule has 2 bridgehead atoms. The van der Waals surface area contributed by atoms with Crippen LogP contribution in [-0.2, 0) is 90.7 Å². The molecule has 5 heterocycles. The summed E-state index contributed by atoms with van der Waals surface area (Å²) in [7, 11) is 6.75.